The Bertz CT molecular complexity index is 559. The van der Waals surface area contributed by atoms with Crippen molar-refractivity contribution in [2.24, 2.45) is 10.9 Å². The van der Waals surface area contributed by atoms with E-state index in [1.165, 1.54) is 11.3 Å². The van der Waals surface area contributed by atoms with E-state index in [2.05, 4.69) is 58.6 Å². The van der Waals surface area contributed by atoms with Gasteiger partial charge in [-0.1, -0.05) is 18.2 Å². The van der Waals surface area contributed by atoms with Crippen molar-refractivity contribution in [3.8, 4) is 0 Å². The first-order chi connectivity index (χ1) is 13.2. The number of para-hydroxylation sites is 1. The molecule has 0 aliphatic carbocycles. The molecule has 6 nitrogen and oxygen atoms in total. The number of benzene rings is 1. The van der Waals surface area contributed by atoms with Crippen LogP contribution in [-0.2, 0) is 9.47 Å². The smallest absolute Gasteiger partial charge is 0.191 e. The van der Waals surface area contributed by atoms with E-state index >= 15 is 0 Å². The van der Waals surface area contributed by atoms with Gasteiger partial charge in [-0.25, -0.2) is 0 Å². The number of anilines is 1. The minimum Gasteiger partial charge on any atom is -0.381 e. The minimum atomic E-state index is 0.585. The summed E-state index contributed by atoms with van der Waals surface area (Å²) in [5.74, 6) is 1.43. The van der Waals surface area contributed by atoms with Gasteiger partial charge in [-0.15, -0.1) is 0 Å². The third-order valence-corrected chi connectivity index (χ3v) is 4.87. The van der Waals surface area contributed by atoms with Gasteiger partial charge in [-0.05, 0) is 38.3 Å². The number of nitrogens with one attached hydrogen (secondary N) is 2. The fraction of sp³-hybridized carbons (Fsp3) is 0.667. The highest BCUT2D eigenvalue weighted by molar-refractivity contribution is 5.79. The van der Waals surface area contributed by atoms with Gasteiger partial charge < -0.3 is 25.0 Å². The zero-order valence-electron chi connectivity index (χ0n) is 17.2. The summed E-state index contributed by atoms with van der Waals surface area (Å²) < 4.78 is 11.1. The summed E-state index contributed by atoms with van der Waals surface area (Å²) in [6.07, 6.45) is 2.10. The van der Waals surface area contributed by atoms with Crippen LogP contribution < -0.4 is 15.5 Å². The Morgan fingerprint density at radius 3 is 2.81 bits per heavy atom. The molecule has 27 heavy (non-hydrogen) atoms. The number of ether oxygens (including phenoxy) is 2. The average Bonchev–Trinajstić information content (AvgIpc) is 3.20. The minimum absolute atomic E-state index is 0.585. The molecule has 0 spiro atoms. The predicted octanol–water partition coefficient (Wildman–Crippen LogP) is 2.43. The molecule has 0 radical (unpaired) electrons. The van der Waals surface area contributed by atoms with Crippen LogP contribution in [0.5, 0.6) is 0 Å². The van der Waals surface area contributed by atoms with Crippen LogP contribution in [0.4, 0.5) is 5.69 Å². The van der Waals surface area contributed by atoms with Crippen LogP contribution >= 0.6 is 0 Å². The lowest BCUT2D eigenvalue weighted by molar-refractivity contribution is 0.0888. The van der Waals surface area contributed by atoms with Crippen molar-refractivity contribution in [2.75, 3.05) is 64.6 Å². The quantitative estimate of drug-likeness (QED) is 0.353. The molecule has 2 rings (SSSR count). The number of hydrogen-bond donors (Lipinski definition) is 2. The summed E-state index contributed by atoms with van der Waals surface area (Å²) >= 11 is 0. The van der Waals surface area contributed by atoms with Crippen molar-refractivity contribution in [1.82, 2.24) is 10.6 Å². The first-order valence-corrected chi connectivity index (χ1v) is 10.1. The van der Waals surface area contributed by atoms with E-state index in [1.807, 2.05) is 7.05 Å². The van der Waals surface area contributed by atoms with Crippen LogP contribution in [-0.4, -0.2) is 65.6 Å². The largest absolute Gasteiger partial charge is 0.381 e. The molecule has 1 aliphatic rings. The maximum atomic E-state index is 5.73. The molecule has 1 aromatic carbocycles. The van der Waals surface area contributed by atoms with E-state index in [0.717, 1.165) is 71.4 Å². The average molecular weight is 377 g/mol. The first kappa shape index (κ1) is 21.5. The molecule has 1 saturated heterocycles. The number of hydrogen-bond acceptors (Lipinski definition) is 4. The third-order valence-electron chi connectivity index (χ3n) is 4.87. The second-order valence-corrected chi connectivity index (χ2v) is 6.95. The number of aliphatic imine (C=N–C) groups is 1. The molecular weight excluding hydrogens is 340 g/mol. The van der Waals surface area contributed by atoms with Crippen molar-refractivity contribution < 1.29 is 9.47 Å². The Balaban J connectivity index is 1.58. The van der Waals surface area contributed by atoms with E-state index < -0.39 is 0 Å². The van der Waals surface area contributed by atoms with Crippen molar-refractivity contribution in [3.63, 3.8) is 0 Å². The molecule has 1 heterocycles. The van der Waals surface area contributed by atoms with Gasteiger partial charge in [-0.3, -0.25) is 4.99 Å². The Morgan fingerprint density at radius 2 is 2.11 bits per heavy atom. The van der Waals surface area contributed by atoms with E-state index in [4.69, 9.17) is 9.47 Å². The Hall–Kier alpha value is -1.79. The predicted molar refractivity (Wildman–Crippen MR) is 113 cm³/mol. The maximum absolute atomic E-state index is 5.73. The second-order valence-electron chi connectivity index (χ2n) is 6.95. The van der Waals surface area contributed by atoms with Gasteiger partial charge in [-0.2, -0.15) is 0 Å². The zero-order valence-corrected chi connectivity index (χ0v) is 17.2. The summed E-state index contributed by atoms with van der Waals surface area (Å²) in [7, 11) is 1.81. The standard InChI is InChI=1S/C21H36N4O2/c1-4-25(20-9-6-5-8-18(20)2)13-12-24-21(22-3)23-11-7-14-26-16-19-10-15-27-17-19/h5-6,8-9,19H,4,7,10-17H2,1-3H3,(H2,22,23,24). The van der Waals surface area contributed by atoms with Gasteiger partial charge in [0.15, 0.2) is 5.96 Å². The molecule has 1 aromatic rings. The Labute approximate surface area is 164 Å². The number of nitrogens with zero attached hydrogens (tertiary/aromatic N) is 2. The number of likely N-dealkylation sites (N-methyl/N-ethyl adjacent to an activating group) is 1. The van der Waals surface area contributed by atoms with Gasteiger partial charge >= 0.3 is 0 Å². The lowest BCUT2D eigenvalue weighted by atomic mass is 10.1. The molecule has 1 fully saturated rings. The summed E-state index contributed by atoms with van der Waals surface area (Å²) in [6.45, 7) is 11.3. The number of rotatable bonds is 11. The molecule has 0 amide bonds. The van der Waals surface area contributed by atoms with Crippen LogP contribution in [0.2, 0.25) is 0 Å². The zero-order chi connectivity index (χ0) is 19.3. The molecule has 0 bridgehead atoms. The monoisotopic (exact) mass is 376 g/mol. The third kappa shape index (κ3) is 7.77. The van der Waals surface area contributed by atoms with E-state index in [9.17, 15) is 0 Å². The van der Waals surface area contributed by atoms with Crippen LogP contribution in [0.3, 0.4) is 0 Å². The molecule has 0 saturated carbocycles. The van der Waals surface area contributed by atoms with Crippen molar-refractivity contribution in [2.45, 2.75) is 26.7 Å². The normalized spacial score (nSPS) is 17.1. The van der Waals surface area contributed by atoms with Gasteiger partial charge in [0.1, 0.15) is 0 Å². The van der Waals surface area contributed by atoms with Crippen LogP contribution in [0.15, 0.2) is 29.3 Å². The SMILES string of the molecule is CCN(CCNC(=NC)NCCCOCC1CCOC1)c1ccccc1C. The van der Waals surface area contributed by atoms with Crippen molar-refractivity contribution in [1.29, 1.82) is 0 Å². The second kappa shape index (κ2) is 12.6. The summed E-state index contributed by atoms with van der Waals surface area (Å²) in [5.41, 5.74) is 2.61. The molecule has 152 valence electrons. The fourth-order valence-electron chi connectivity index (χ4n) is 3.24. The summed E-state index contributed by atoms with van der Waals surface area (Å²) in [4.78, 5) is 6.69. The maximum Gasteiger partial charge on any atom is 0.191 e. The topological polar surface area (TPSA) is 58.1 Å². The van der Waals surface area contributed by atoms with Crippen LogP contribution in [0.25, 0.3) is 0 Å². The van der Waals surface area contributed by atoms with Gasteiger partial charge in [0, 0.05) is 58.0 Å². The number of guanidine groups is 1. The van der Waals surface area contributed by atoms with E-state index in [0.29, 0.717) is 5.92 Å². The highest BCUT2D eigenvalue weighted by Gasteiger charge is 2.15. The highest BCUT2D eigenvalue weighted by Crippen LogP contribution is 2.18. The number of aryl methyl sites for hydroxylation is 1. The molecule has 2 N–H and O–H groups in total. The van der Waals surface area contributed by atoms with Crippen molar-refractivity contribution in [3.05, 3.63) is 29.8 Å². The molecule has 1 atom stereocenters. The summed E-state index contributed by atoms with van der Waals surface area (Å²) in [6, 6.07) is 8.53. The Morgan fingerprint density at radius 1 is 1.30 bits per heavy atom. The van der Waals surface area contributed by atoms with Crippen LogP contribution in [0.1, 0.15) is 25.3 Å². The molecule has 1 aliphatic heterocycles. The van der Waals surface area contributed by atoms with E-state index in [1.54, 1.807) is 0 Å². The van der Waals surface area contributed by atoms with Gasteiger partial charge in [0.05, 0.1) is 13.2 Å². The Kier molecular flexibility index (Phi) is 10.0. The molecule has 1 unspecified atom stereocenters. The lowest BCUT2D eigenvalue weighted by Gasteiger charge is -2.25. The van der Waals surface area contributed by atoms with Gasteiger partial charge in [0.2, 0.25) is 0 Å². The highest BCUT2D eigenvalue weighted by atomic mass is 16.5. The van der Waals surface area contributed by atoms with Crippen molar-refractivity contribution >= 4 is 11.6 Å². The molecule has 6 heteroatoms. The first-order valence-electron chi connectivity index (χ1n) is 10.1. The molecular formula is C21H36N4O2. The lowest BCUT2D eigenvalue weighted by Crippen LogP contribution is -2.42. The fourth-order valence-corrected chi connectivity index (χ4v) is 3.24. The summed E-state index contributed by atoms with van der Waals surface area (Å²) in [5, 5.41) is 6.76. The van der Waals surface area contributed by atoms with Gasteiger partial charge in [0.25, 0.3) is 0 Å². The van der Waals surface area contributed by atoms with Crippen LogP contribution in [0, 0.1) is 12.8 Å². The molecule has 0 aromatic heterocycles. The van der Waals surface area contributed by atoms with E-state index in [-0.39, 0.29) is 0 Å².